The number of rotatable bonds is 3. The van der Waals surface area contributed by atoms with Crippen molar-refractivity contribution in [3.05, 3.63) is 24.0 Å². The van der Waals surface area contributed by atoms with Crippen LogP contribution in [0.2, 0.25) is 0 Å². The van der Waals surface area contributed by atoms with Crippen LogP contribution in [0.5, 0.6) is 5.75 Å². The van der Waals surface area contributed by atoms with E-state index >= 15 is 0 Å². The van der Waals surface area contributed by atoms with Gasteiger partial charge in [0.05, 0.1) is 6.04 Å². The lowest BCUT2D eigenvalue weighted by molar-refractivity contribution is -0.124. The van der Waals surface area contributed by atoms with E-state index in [0.717, 1.165) is 12.8 Å². The molecule has 1 saturated heterocycles. The molecule has 5 nitrogen and oxygen atoms in total. The summed E-state index contributed by atoms with van der Waals surface area (Å²) in [4.78, 5) is 29.8. The van der Waals surface area contributed by atoms with Gasteiger partial charge in [0.2, 0.25) is 0 Å². The van der Waals surface area contributed by atoms with Gasteiger partial charge in [-0.3, -0.25) is 9.59 Å². The van der Waals surface area contributed by atoms with Gasteiger partial charge in [-0.2, -0.15) is 0 Å². The normalized spacial score (nSPS) is 19.2. The van der Waals surface area contributed by atoms with Crippen LogP contribution in [0.1, 0.15) is 43.1 Å². The molecule has 1 aromatic heterocycles. The molecule has 1 N–H and O–H groups in total. The van der Waals surface area contributed by atoms with E-state index in [9.17, 15) is 14.7 Å². The van der Waals surface area contributed by atoms with Crippen molar-refractivity contribution >= 4 is 11.7 Å². The molecule has 1 atom stereocenters. The van der Waals surface area contributed by atoms with E-state index in [2.05, 4.69) is 4.98 Å². The van der Waals surface area contributed by atoms with Crippen molar-refractivity contribution in [2.24, 2.45) is 0 Å². The fourth-order valence-electron chi connectivity index (χ4n) is 2.44. The number of pyridine rings is 1. The van der Waals surface area contributed by atoms with Crippen LogP contribution >= 0.6 is 0 Å². The van der Waals surface area contributed by atoms with E-state index in [0.29, 0.717) is 19.4 Å². The van der Waals surface area contributed by atoms with Gasteiger partial charge in [-0.25, -0.2) is 4.98 Å². The Morgan fingerprint density at radius 2 is 2.26 bits per heavy atom. The van der Waals surface area contributed by atoms with Gasteiger partial charge in [0.1, 0.15) is 5.75 Å². The first kappa shape index (κ1) is 13.5. The summed E-state index contributed by atoms with van der Waals surface area (Å²) in [5.41, 5.74) is 0.0262. The zero-order chi connectivity index (χ0) is 13.8. The number of Topliss-reactive ketones (excluding diaryl/α,β-unsaturated/α-hetero) is 1. The van der Waals surface area contributed by atoms with E-state index < -0.39 is 0 Å². The minimum atomic E-state index is -0.368. The molecule has 1 aliphatic heterocycles. The summed E-state index contributed by atoms with van der Waals surface area (Å²) in [5, 5.41) is 9.70. The first-order chi connectivity index (χ1) is 9.15. The number of hydrogen-bond donors (Lipinski definition) is 1. The molecule has 0 spiro atoms. The number of aromatic hydroxyl groups is 1. The van der Waals surface area contributed by atoms with Crippen molar-refractivity contribution in [1.82, 2.24) is 9.88 Å². The molecule has 0 bridgehead atoms. The minimum absolute atomic E-state index is 0.0262. The van der Waals surface area contributed by atoms with Crippen molar-refractivity contribution < 1.29 is 14.7 Å². The Morgan fingerprint density at radius 3 is 2.95 bits per heavy atom. The molecule has 0 aromatic carbocycles. The molecule has 0 unspecified atom stereocenters. The van der Waals surface area contributed by atoms with Gasteiger partial charge in [0.15, 0.2) is 11.5 Å². The van der Waals surface area contributed by atoms with E-state index in [1.807, 2.05) is 0 Å². The number of aromatic nitrogens is 1. The Kier molecular flexibility index (Phi) is 4.14. The largest absolute Gasteiger partial charge is 0.505 e. The second-order valence-electron chi connectivity index (χ2n) is 4.70. The Labute approximate surface area is 112 Å². The molecule has 102 valence electrons. The van der Waals surface area contributed by atoms with Gasteiger partial charge in [0.25, 0.3) is 5.91 Å². The zero-order valence-corrected chi connectivity index (χ0v) is 11.0. The van der Waals surface area contributed by atoms with Crippen LogP contribution in [0.4, 0.5) is 0 Å². The van der Waals surface area contributed by atoms with Crippen LogP contribution in [0.25, 0.3) is 0 Å². The van der Waals surface area contributed by atoms with Crippen LogP contribution < -0.4 is 0 Å². The first-order valence-corrected chi connectivity index (χ1v) is 6.62. The average molecular weight is 262 g/mol. The molecule has 2 rings (SSSR count). The van der Waals surface area contributed by atoms with Gasteiger partial charge in [-0.05, 0) is 31.4 Å². The SMILES string of the molecule is CCC(=O)[C@@H]1CCCCN1C(=O)c1ncccc1O. The predicted octanol–water partition coefficient (Wildman–Crippen LogP) is 1.76. The third-order valence-electron chi connectivity index (χ3n) is 3.47. The molecule has 19 heavy (non-hydrogen) atoms. The molecule has 2 heterocycles. The Balaban J connectivity index is 2.25. The summed E-state index contributed by atoms with van der Waals surface area (Å²) in [6.07, 6.45) is 4.42. The van der Waals surface area contributed by atoms with Gasteiger partial charge < -0.3 is 10.0 Å². The Bertz CT molecular complexity index is 487. The number of piperidine rings is 1. The standard InChI is InChI=1S/C14H18N2O3/c1-2-11(17)10-6-3-4-9-16(10)14(19)13-12(18)7-5-8-15-13/h5,7-8,10,18H,2-4,6,9H2,1H3/t10-/m0/s1. The van der Waals surface area contributed by atoms with Gasteiger partial charge in [-0.1, -0.05) is 6.92 Å². The number of hydrogen-bond acceptors (Lipinski definition) is 4. The van der Waals surface area contributed by atoms with Crippen LogP contribution in [0, 0.1) is 0 Å². The van der Waals surface area contributed by atoms with Crippen molar-refractivity contribution in [2.45, 2.75) is 38.6 Å². The zero-order valence-electron chi connectivity index (χ0n) is 11.0. The molecule has 0 radical (unpaired) electrons. The third-order valence-corrected chi connectivity index (χ3v) is 3.47. The molecule has 1 amide bonds. The summed E-state index contributed by atoms with van der Waals surface area (Å²) in [6, 6.07) is 2.63. The van der Waals surface area contributed by atoms with Gasteiger partial charge in [0, 0.05) is 19.2 Å². The molecule has 1 fully saturated rings. The molecule has 1 aliphatic rings. The lowest BCUT2D eigenvalue weighted by Crippen LogP contribution is -2.48. The maximum absolute atomic E-state index is 12.4. The topological polar surface area (TPSA) is 70.5 Å². The number of nitrogens with zero attached hydrogens (tertiary/aromatic N) is 2. The smallest absolute Gasteiger partial charge is 0.276 e. The Hall–Kier alpha value is -1.91. The monoisotopic (exact) mass is 262 g/mol. The predicted molar refractivity (Wildman–Crippen MR) is 69.9 cm³/mol. The molecular formula is C14H18N2O3. The average Bonchev–Trinajstić information content (AvgIpc) is 2.46. The Morgan fingerprint density at radius 1 is 1.47 bits per heavy atom. The van der Waals surface area contributed by atoms with Gasteiger partial charge in [-0.15, -0.1) is 0 Å². The highest BCUT2D eigenvalue weighted by Crippen LogP contribution is 2.23. The number of carbonyl (C=O) groups excluding carboxylic acids is 2. The van der Waals surface area contributed by atoms with E-state index in [1.165, 1.54) is 12.3 Å². The quantitative estimate of drug-likeness (QED) is 0.901. The summed E-state index contributed by atoms with van der Waals surface area (Å²) in [7, 11) is 0. The number of carbonyl (C=O) groups is 2. The maximum atomic E-state index is 12.4. The maximum Gasteiger partial charge on any atom is 0.276 e. The summed E-state index contributed by atoms with van der Waals surface area (Å²) >= 11 is 0. The fourth-order valence-corrected chi connectivity index (χ4v) is 2.44. The number of likely N-dealkylation sites (tertiary alicyclic amines) is 1. The van der Waals surface area contributed by atoms with E-state index in [-0.39, 0.29) is 29.2 Å². The molecule has 0 saturated carbocycles. The summed E-state index contributed by atoms with van der Waals surface area (Å²) < 4.78 is 0. The highest BCUT2D eigenvalue weighted by atomic mass is 16.3. The molecule has 5 heteroatoms. The van der Waals surface area contributed by atoms with Crippen molar-refractivity contribution in [1.29, 1.82) is 0 Å². The summed E-state index contributed by atoms with van der Waals surface area (Å²) in [6.45, 7) is 2.35. The summed E-state index contributed by atoms with van der Waals surface area (Å²) in [5.74, 6) is -0.422. The number of ketones is 1. The highest BCUT2D eigenvalue weighted by Gasteiger charge is 2.32. The van der Waals surface area contributed by atoms with Crippen molar-refractivity contribution in [2.75, 3.05) is 6.54 Å². The van der Waals surface area contributed by atoms with Crippen molar-refractivity contribution in [3.63, 3.8) is 0 Å². The molecular weight excluding hydrogens is 244 g/mol. The van der Waals surface area contributed by atoms with Crippen LogP contribution in [0.3, 0.4) is 0 Å². The second kappa shape index (κ2) is 5.82. The molecule has 0 aliphatic carbocycles. The minimum Gasteiger partial charge on any atom is -0.505 e. The molecule has 1 aromatic rings. The highest BCUT2D eigenvalue weighted by molar-refractivity contribution is 5.98. The lowest BCUT2D eigenvalue weighted by atomic mass is 9.96. The van der Waals surface area contributed by atoms with Crippen LogP contribution in [-0.4, -0.2) is 39.3 Å². The third kappa shape index (κ3) is 2.75. The van der Waals surface area contributed by atoms with Crippen LogP contribution in [0.15, 0.2) is 18.3 Å². The van der Waals surface area contributed by atoms with E-state index in [4.69, 9.17) is 0 Å². The lowest BCUT2D eigenvalue weighted by Gasteiger charge is -2.34. The van der Waals surface area contributed by atoms with Crippen LogP contribution in [-0.2, 0) is 4.79 Å². The van der Waals surface area contributed by atoms with Gasteiger partial charge >= 0.3 is 0 Å². The second-order valence-corrected chi connectivity index (χ2v) is 4.70. The first-order valence-electron chi connectivity index (χ1n) is 6.62. The van der Waals surface area contributed by atoms with E-state index in [1.54, 1.807) is 17.9 Å². The fraction of sp³-hybridized carbons (Fsp3) is 0.500. The number of amides is 1. The van der Waals surface area contributed by atoms with Crippen molar-refractivity contribution in [3.8, 4) is 5.75 Å².